The molecule has 1 amide bonds. The molecule has 1 N–H and O–H groups in total. The Morgan fingerprint density at radius 3 is 2.62 bits per heavy atom. The molecule has 0 aliphatic heterocycles. The number of hydrogen-bond acceptors (Lipinski definition) is 3. The fourth-order valence-electron chi connectivity index (χ4n) is 2.55. The van der Waals surface area contributed by atoms with Crippen LogP contribution >= 0.6 is 0 Å². The van der Waals surface area contributed by atoms with Crippen LogP contribution in [-0.4, -0.2) is 17.5 Å². The third kappa shape index (κ3) is 3.54. The maximum atomic E-state index is 12.2. The van der Waals surface area contributed by atoms with Crippen LogP contribution in [0.25, 0.3) is 10.9 Å². The number of aryl methyl sites for hydroxylation is 3. The van der Waals surface area contributed by atoms with Crippen LogP contribution in [0.2, 0.25) is 0 Å². The predicted octanol–water partition coefficient (Wildman–Crippen LogP) is 4.18. The molecule has 0 atom stereocenters. The van der Waals surface area contributed by atoms with Gasteiger partial charge in [-0.15, -0.1) is 0 Å². The Labute approximate surface area is 141 Å². The third-order valence-corrected chi connectivity index (χ3v) is 3.96. The SMILES string of the molecule is Cc1cc(OCC(=O)Nc2ccc(C)c(C)c2)c2ccccc2n1. The highest BCUT2D eigenvalue weighted by Gasteiger charge is 2.08. The number of para-hydroxylation sites is 1. The number of hydrogen-bond donors (Lipinski definition) is 1. The van der Waals surface area contributed by atoms with E-state index < -0.39 is 0 Å². The highest BCUT2D eigenvalue weighted by molar-refractivity contribution is 5.92. The minimum absolute atomic E-state index is 0.0413. The molecule has 1 aromatic heterocycles. The molecule has 0 saturated carbocycles. The summed E-state index contributed by atoms with van der Waals surface area (Å²) in [5.74, 6) is 0.491. The lowest BCUT2D eigenvalue weighted by Gasteiger charge is -2.11. The van der Waals surface area contributed by atoms with Crippen LogP contribution in [0.3, 0.4) is 0 Å². The van der Waals surface area contributed by atoms with Crippen molar-refractivity contribution in [1.29, 1.82) is 0 Å². The average molecular weight is 320 g/mol. The molecule has 3 rings (SSSR count). The number of carbonyl (C=O) groups excluding carboxylic acids is 1. The summed E-state index contributed by atoms with van der Waals surface area (Å²) in [5, 5.41) is 3.77. The maximum absolute atomic E-state index is 12.2. The number of ether oxygens (including phenoxy) is 1. The van der Waals surface area contributed by atoms with Crippen molar-refractivity contribution in [2.75, 3.05) is 11.9 Å². The van der Waals surface area contributed by atoms with Crippen LogP contribution in [0.15, 0.2) is 48.5 Å². The van der Waals surface area contributed by atoms with E-state index in [1.165, 1.54) is 5.56 Å². The zero-order chi connectivity index (χ0) is 17.1. The Morgan fingerprint density at radius 1 is 1.04 bits per heavy atom. The zero-order valence-corrected chi connectivity index (χ0v) is 14.1. The second kappa shape index (κ2) is 6.71. The zero-order valence-electron chi connectivity index (χ0n) is 14.1. The Balaban J connectivity index is 1.71. The van der Waals surface area contributed by atoms with Crippen molar-refractivity contribution in [1.82, 2.24) is 4.98 Å². The summed E-state index contributed by atoms with van der Waals surface area (Å²) < 4.78 is 5.74. The van der Waals surface area contributed by atoms with Gasteiger partial charge in [0, 0.05) is 22.8 Å². The van der Waals surface area contributed by atoms with Gasteiger partial charge in [0.1, 0.15) is 5.75 Å². The van der Waals surface area contributed by atoms with Gasteiger partial charge in [-0.1, -0.05) is 18.2 Å². The predicted molar refractivity (Wildman–Crippen MR) is 96.5 cm³/mol. The number of anilines is 1. The Kier molecular flexibility index (Phi) is 4.47. The van der Waals surface area contributed by atoms with Crippen molar-refractivity contribution >= 4 is 22.5 Å². The van der Waals surface area contributed by atoms with E-state index in [2.05, 4.69) is 10.3 Å². The topological polar surface area (TPSA) is 51.2 Å². The number of aromatic nitrogens is 1. The van der Waals surface area contributed by atoms with Gasteiger partial charge in [-0.05, 0) is 56.2 Å². The smallest absolute Gasteiger partial charge is 0.262 e. The highest BCUT2D eigenvalue weighted by Crippen LogP contribution is 2.25. The van der Waals surface area contributed by atoms with E-state index in [1.54, 1.807) is 0 Å². The van der Waals surface area contributed by atoms with Crippen molar-refractivity contribution in [2.24, 2.45) is 0 Å². The van der Waals surface area contributed by atoms with Gasteiger partial charge < -0.3 is 10.1 Å². The van der Waals surface area contributed by atoms with E-state index in [0.717, 1.165) is 27.8 Å². The maximum Gasteiger partial charge on any atom is 0.262 e. The van der Waals surface area contributed by atoms with Crippen molar-refractivity contribution < 1.29 is 9.53 Å². The quantitative estimate of drug-likeness (QED) is 0.784. The van der Waals surface area contributed by atoms with Crippen molar-refractivity contribution in [2.45, 2.75) is 20.8 Å². The number of nitrogens with one attached hydrogen (secondary N) is 1. The number of amides is 1. The molecule has 0 aliphatic rings. The van der Waals surface area contributed by atoms with Gasteiger partial charge in [0.2, 0.25) is 0 Å². The van der Waals surface area contributed by atoms with E-state index in [4.69, 9.17) is 4.74 Å². The molecule has 0 fully saturated rings. The highest BCUT2D eigenvalue weighted by atomic mass is 16.5. The van der Waals surface area contributed by atoms with Crippen LogP contribution in [0.4, 0.5) is 5.69 Å². The van der Waals surface area contributed by atoms with Crippen molar-refractivity contribution in [3.63, 3.8) is 0 Å². The number of carbonyl (C=O) groups is 1. The molecular formula is C20H20N2O2. The molecule has 0 radical (unpaired) electrons. The fraction of sp³-hybridized carbons (Fsp3) is 0.200. The molecule has 0 bridgehead atoms. The summed E-state index contributed by atoms with van der Waals surface area (Å²) in [6.07, 6.45) is 0. The van der Waals surface area contributed by atoms with Crippen LogP contribution in [0.5, 0.6) is 5.75 Å². The fourth-order valence-corrected chi connectivity index (χ4v) is 2.55. The lowest BCUT2D eigenvalue weighted by molar-refractivity contribution is -0.118. The number of fused-ring (bicyclic) bond motifs is 1. The normalized spacial score (nSPS) is 10.6. The first-order chi connectivity index (χ1) is 11.5. The molecule has 1 heterocycles. The number of nitrogens with zero attached hydrogens (tertiary/aromatic N) is 1. The molecule has 4 nitrogen and oxygen atoms in total. The molecule has 0 saturated heterocycles. The van der Waals surface area contributed by atoms with Crippen LogP contribution in [0, 0.1) is 20.8 Å². The first-order valence-electron chi connectivity index (χ1n) is 7.89. The van der Waals surface area contributed by atoms with Gasteiger partial charge in [-0.25, -0.2) is 0 Å². The summed E-state index contributed by atoms with van der Waals surface area (Å²) in [6, 6.07) is 15.4. The van der Waals surface area contributed by atoms with Crippen molar-refractivity contribution in [3.05, 3.63) is 65.4 Å². The van der Waals surface area contributed by atoms with Gasteiger partial charge in [-0.2, -0.15) is 0 Å². The van der Waals surface area contributed by atoms with Crippen LogP contribution in [0.1, 0.15) is 16.8 Å². The van der Waals surface area contributed by atoms with Gasteiger partial charge in [0.05, 0.1) is 5.52 Å². The van der Waals surface area contributed by atoms with E-state index in [9.17, 15) is 4.79 Å². The second-order valence-electron chi connectivity index (χ2n) is 5.91. The average Bonchev–Trinajstić information content (AvgIpc) is 2.56. The third-order valence-electron chi connectivity index (χ3n) is 3.96. The number of benzene rings is 2. The van der Waals surface area contributed by atoms with E-state index in [1.807, 2.05) is 69.3 Å². The molecule has 24 heavy (non-hydrogen) atoms. The van der Waals surface area contributed by atoms with Gasteiger partial charge in [0.25, 0.3) is 5.91 Å². The van der Waals surface area contributed by atoms with E-state index in [-0.39, 0.29) is 12.5 Å². The van der Waals surface area contributed by atoms with Gasteiger partial charge >= 0.3 is 0 Å². The molecular weight excluding hydrogens is 300 g/mol. The lowest BCUT2D eigenvalue weighted by Crippen LogP contribution is -2.20. The number of pyridine rings is 1. The molecule has 0 unspecified atom stereocenters. The van der Waals surface area contributed by atoms with Gasteiger partial charge in [0.15, 0.2) is 6.61 Å². The van der Waals surface area contributed by atoms with Crippen LogP contribution < -0.4 is 10.1 Å². The van der Waals surface area contributed by atoms with E-state index >= 15 is 0 Å². The van der Waals surface area contributed by atoms with Gasteiger partial charge in [-0.3, -0.25) is 9.78 Å². The molecule has 0 spiro atoms. The summed E-state index contributed by atoms with van der Waals surface area (Å²) in [5.41, 5.74) is 4.84. The van der Waals surface area contributed by atoms with Crippen molar-refractivity contribution in [3.8, 4) is 5.75 Å². The first kappa shape index (κ1) is 16.0. The molecule has 122 valence electrons. The minimum atomic E-state index is -0.184. The summed E-state index contributed by atoms with van der Waals surface area (Å²) in [6.45, 7) is 5.93. The molecule has 0 aliphatic carbocycles. The Bertz CT molecular complexity index is 903. The van der Waals surface area contributed by atoms with E-state index in [0.29, 0.717) is 5.75 Å². The molecule has 4 heteroatoms. The summed E-state index contributed by atoms with van der Waals surface area (Å²) in [7, 11) is 0. The monoisotopic (exact) mass is 320 g/mol. The second-order valence-corrected chi connectivity index (χ2v) is 5.91. The Hall–Kier alpha value is -2.88. The summed E-state index contributed by atoms with van der Waals surface area (Å²) >= 11 is 0. The van der Waals surface area contributed by atoms with Crippen LogP contribution in [-0.2, 0) is 4.79 Å². The first-order valence-corrected chi connectivity index (χ1v) is 7.89. The minimum Gasteiger partial charge on any atom is -0.483 e. The molecule has 3 aromatic rings. The lowest BCUT2D eigenvalue weighted by atomic mass is 10.1. The standard InChI is InChI=1S/C20H20N2O2/c1-13-8-9-16(10-14(13)2)22-20(23)12-24-19-11-15(3)21-18-7-5-4-6-17(18)19/h4-11H,12H2,1-3H3,(H,22,23). The summed E-state index contributed by atoms with van der Waals surface area (Å²) in [4.78, 5) is 16.6. The molecule has 2 aromatic carbocycles. The Morgan fingerprint density at radius 2 is 1.83 bits per heavy atom. The largest absolute Gasteiger partial charge is 0.483 e. The number of rotatable bonds is 4.